The fraction of sp³-hybridized carbons (Fsp3) is 0.333. The summed E-state index contributed by atoms with van der Waals surface area (Å²) in [5.41, 5.74) is 4.79. The zero-order valence-corrected chi connectivity index (χ0v) is 18.9. The van der Waals surface area contributed by atoms with Crippen LogP contribution in [-0.4, -0.2) is 58.7 Å². The molecule has 0 radical (unpaired) electrons. The lowest BCUT2D eigenvalue weighted by atomic mass is 9.92. The number of amides is 2. The number of hydrogen-bond acceptors (Lipinski definition) is 4. The summed E-state index contributed by atoms with van der Waals surface area (Å²) >= 11 is 0. The molecule has 0 saturated carbocycles. The molecule has 0 bridgehead atoms. The molecule has 2 aromatic carbocycles. The van der Waals surface area contributed by atoms with Gasteiger partial charge in [0.05, 0.1) is 6.26 Å². The zero-order chi connectivity index (χ0) is 22.8. The van der Waals surface area contributed by atoms with Gasteiger partial charge in [0.15, 0.2) is 5.76 Å². The number of hydrogen-bond donors (Lipinski definition) is 0. The fourth-order valence-electron chi connectivity index (χ4n) is 4.90. The van der Waals surface area contributed by atoms with E-state index in [2.05, 4.69) is 42.2 Å². The summed E-state index contributed by atoms with van der Waals surface area (Å²) in [5.74, 6) is 0.0701. The maximum atomic E-state index is 13.6. The second kappa shape index (κ2) is 9.24. The highest BCUT2D eigenvalue weighted by atomic mass is 16.3. The quantitative estimate of drug-likeness (QED) is 0.619. The average molecular weight is 444 g/mol. The van der Waals surface area contributed by atoms with E-state index in [0.29, 0.717) is 26.1 Å². The standard InChI is InChI=1S/C27H29N3O3/c1-20-6-4-7-21(16-20)18-28-11-13-29(14-12-28)26(31)24-17-22-8-2-3-9-23(22)19-30(24)27(32)25-10-5-15-33-25/h2-10,15-16,24H,11-14,17-19H2,1H3. The van der Waals surface area contributed by atoms with Gasteiger partial charge in [-0.1, -0.05) is 54.1 Å². The molecule has 6 heteroatoms. The molecule has 0 N–H and O–H groups in total. The molecule has 1 saturated heterocycles. The van der Waals surface area contributed by atoms with Crippen LogP contribution in [0.4, 0.5) is 0 Å². The molecule has 0 aliphatic carbocycles. The third-order valence-electron chi connectivity index (χ3n) is 6.70. The maximum absolute atomic E-state index is 13.6. The summed E-state index contributed by atoms with van der Waals surface area (Å²) in [6.07, 6.45) is 2.03. The Balaban J connectivity index is 1.29. The van der Waals surface area contributed by atoms with Crippen molar-refractivity contribution >= 4 is 11.8 Å². The largest absolute Gasteiger partial charge is 0.459 e. The van der Waals surface area contributed by atoms with Gasteiger partial charge in [-0.3, -0.25) is 14.5 Å². The van der Waals surface area contributed by atoms with Gasteiger partial charge in [0.25, 0.3) is 5.91 Å². The van der Waals surface area contributed by atoms with Gasteiger partial charge in [0, 0.05) is 45.7 Å². The van der Waals surface area contributed by atoms with Gasteiger partial charge >= 0.3 is 0 Å². The average Bonchev–Trinajstić information content (AvgIpc) is 3.38. The van der Waals surface area contributed by atoms with Gasteiger partial charge < -0.3 is 14.2 Å². The normalized spacial score (nSPS) is 18.8. The van der Waals surface area contributed by atoms with E-state index in [9.17, 15) is 9.59 Å². The summed E-state index contributed by atoms with van der Waals surface area (Å²) in [6.45, 7) is 6.42. The van der Waals surface area contributed by atoms with E-state index in [1.54, 1.807) is 17.0 Å². The van der Waals surface area contributed by atoms with Gasteiger partial charge in [-0.2, -0.15) is 0 Å². The topological polar surface area (TPSA) is 57.0 Å². The molecule has 2 amide bonds. The molecule has 33 heavy (non-hydrogen) atoms. The molecule has 3 aromatic rings. The zero-order valence-electron chi connectivity index (χ0n) is 18.9. The Kier molecular flexibility index (Phi) is 6.01. The Morgan fingerprint density at radius 1 is 0.939 bits per heavy atom. The lowest BCUT2D eigenvalue weighted by Crippen LogP contribution is -2.57. The first-order valence-corrected chi connectivity index (χ1v) is 11.6. The maximum Gasteiger partial charge on any atom is 0.290 e. The molecule has 170 valence electrons. The number of carbonyl (C=O) groups is 2. The van der Waals surface area contributed by atoms with Crippen molar-refractivity contribution in [3.8, 4) is 0 Å². The second-order valence-electron chi connectivity index (χ2n) is 8.99. The number of carbonyl (C=O) groups excluding carboxylic acids is 2. The van der Waals surface area contributed by atoms with E-state index in [-0.39, 0.29) is 17.6 Å². The summed E-state index contributed by atoms with van der Waals surface area (Å²) in [4.78, 5) is 32.8. The van der Waals surface area contributed by atoms with Gasteiger partial charge in [0.2, 0.25) is 5.91 Å². The van der Waals surface area contributed by atoms with Crippen molar-refractivity contribution in [2.45, 2.75) is 32.5 Å². The van der Waals surface area contributed by atoms with E-state index in [1.165, 1.54) is 17.4 Å². The van der Waals surface area contributed by atoms with Crippen LogP contribution in [0.5, 0.6) is 0 Å². The molecule has 1 fully saturated rings. The number of piperazine rings is 1. The number of rotatable bonds is 4. The molecule has 2 aliphatic rings. The first-order valence-electron chi connectivity index (χ1n) is 11.6. The van der Waals surface area contributed by atoms with E-state index in [4.69, 9.17) is 4.42 Å². The van der Waals surface area contributed by atoms with Gasteiger partial charge in [-0.15, -0.1) is 0 Å². The van der Waals surface area contributed by atoms with Gasteiger partial charge in [0.1, 0.15) is 6.04 Å². The smallest absolute Gasteiger partial charge is 0.290 e. The number of furan rings is 1. The summed E-state index contributed by atoms with van der Waals surface area (Å²) in [6, 6.07) is 19.5. The van der Waals surface area contributed by atoms with Crippen LogP contribution in [0.3, 0.4) is 0 Å². The van der Waals surface area contributed by atoms with Crippen molar-refractivity contribution in [2.24, 2.45) is 0 Å². The first kappa shape index (κ1) is 21.5. The number of nitrogens with zero attached hydrogens (tertiary/aromatic N) is 3. The SMILES string of the molecule is Cc1cccc(CN2CCN(C(=O)C3Cc4ccccc4CN3C(=O)c3ccco3)CC2)c1. The Morgan fingerprint density at radius 2 is 1.73 bits per heavy atom. The highest BCUT2D eigenvalue weighted by Gasteiger charge is 2.38. The third-order valence-corrected chi connectivity index (χ3v) is 6.70. The van der Waals surface area contributed by atoms with Gasteiger partial charge in [-0.05, 0) is 35.7 Å². The molecule has 5 rings (SSSR count). The minimum Gasteiger partial charge on any atom is -0.459 e. The van der Waals surface area contributed by atoms with Crippen molar-refractivity contribution in [1.82, 2.24) is 14.7 Å². The number of aryl methyl sites for hydroxylation is 1. The molecular weight excluding hydrogens is 414 g/mol. The van der Waals surface area contributed by atoms with Crippen molar-refractivity contribution in [2.75, 3.05) is 26.2 Å². The van der Waals surface area contributed by atoms with Crippen molar-refractivity contribution < 1.29 is 14.0 Å². The van der Waals surface area contributed by atoms with Crippen LogP contribution in [0.1, 0.15) is 32.8 Å². The Bertz CT molecular complexity index is 1130. The first-order chi connectivity index (χ1) is 16.1. The van der Waals surface area contributed by atoms with Crippen molar-refractivity contribution in [3.63, 3.8) is 0 Å². The van der Waals surface area contributed by atoms with E-state index < -0.39 is 6.04 Å². The summed E-state index contributed by atoms with van der Waals surface area (Å²) in [5, 5.41) is 0. The minimum absolute atomic E-state index is 0.0274. The second-order valence-corrected chi connectivity index (χ2v) is 8.99. The van der Waals surface area contributed by atoms with Crippen molar-refractivity contribution in [3.05, 3.63) is 94.9 Å². The van der Waals surface area contributed by atoms with E-state index >= 15 is 0 Å². The van der Waals surface area contributed by atoms with E-state index in [0.717, 1.165) is 30.8 Å². The third kappa shape index (κ3) is 4.57. The molecule has 1 aromatic heterocycles. The molecular formula is C27H29N3O3. The Morgan fingerprint density at radius 3 is 2.45 bits per heavy atom. The molecule has 2 aliphatic heterocycles. The monoisotopic (exact) mass is 443 g/mol. The molecule has 1 atom stereocenters. The van der Waals surface area contributed by atoms with Crippen LogP contribution in [0.2, 0.25) is 0 Å². The fourth-order valence-corrected chi connectivity index (χ4v) is 4.90. The van der Waals surface area contributed by atoms with Crippen LogP contribution in [0, 0.1) is 6.92 Å². The molecule has 1 unspecified atom stereocenters. The lowest BCUT2D eigenvalue weighted by molar-refractivity contribution is -0.138. The molecule has 3 heterocycles. The Hall–Kier alpha value is -3.38. The van der Waals surface area contributed by atoms with Crippen LogP contribution >= 0.6 is 0 Å². The van der Waals surface area contributed by atoms with Crippen LogP contribution in [0.15, 0.2) is 71.3 Å². The predicted molar refractivity (Wildman–Crippen MR) is 126 cm³/mol. The minimum atomic E-state index is -0.513. The highest BCUT2D eigenvalue weighted by molar-refractivity contribution is 5.96. The molecule has 0 spiro atoms. The molecule has 6 nitrogen and oxygen atoms in total. The number of fused-ring (bicyclic) bond motifs is 1. The highest BCUT2D eigenvalue weighted by Crippen LogP contribution is 2.27. The lowest BCUT2D eigenvalue weighted by Gasteiger charge is -2.41. The Labute approximate surface area is 194 Å². The summed E-state index contributed by atoms with van der Waals surface area (Å²) < 4.78 is 5.37. The summed E-state index contributed by atoms with van der Waals surface area (Å²) in [7, 11) is 0. The van der Waals surface area contributed by atoms with Crippen LogP contribution in [-0.2, 0) is 24.3 Å². The van der Waals surface area contributed by atoms with Crippen LogP contribution < -0.4 is 0 Å². The van der Waals surface area contributed by atoms with Gasteiger partial charge in [-0.25, -0.2) is 0 Å². The van der Waals surface area contributed by atoms with E-state index in [1.807, 2.05) is 23.1 Å². The number of benzene rings is 2. The van der Waals surface area contributed by atoms with Crippen LogP contribution in [0.25, 0.3) is 0 Å². The predicted octanol–water partition coefficient (Wildman–Crippen LogP) is 3.50. The van der Waals surface area contributed by atoms with Crippen molar-refractivity contribution in [1.29, 1.82) is 0 Å².